The van der Waals surface area contributed by atoms with Crippen LogP contribution in [-0.4, -0.2) is 6.21 Å². The molecule has 0 fully saturated rings. The number of anilines is 1. The number of hydrogen-bond acceptors (Lipinski definition) is 2. The summed E-state index contributed by atoms with van der Waals surface area (Å²) < 4.78 is 51.5. The van der Waals surface area contributed by atoms with E-state index >= 15 is 0 Å². The van der Waals surface area contributed by atoms with Crippen LogP contribution in [0.4, 0.5) is 23.2 Å². The second-order valence-electron chi connectivity index (χ2n) is 4.06. The number of para-hydroxylation sites is 1. The quantitative estimate of drug-likeness (QED) is 0.462. The van der Waals surface area contributed by atoms with Crippen molar-refractivity contribution in [2.45, 2.75) is 6.18 Å². The number of nitrogens with zero attached hydrogens (tertiary/aromatic N) is 1. The highest BCUT2D eigenvalue weighted by molar-refractivity contribution is 9.10. The van der Waals surface area contributed by atoms with Crippen LogP contribution >= 0.6 is 15.9 Å². The zero-order chi connectivity index (χ0) is 15.5. The topological polar surface area (TPSA) is 24.4 Å². The van der Waals surface area contributed by atoms with E-state index < -0.39 is 17.6 Å². The van der Waals surface area contributed by atoms with Crippen LogP contribution in [0.2, 0.25) is 0 Å². The first-order valence-electron chi connectivity index (χ1n) is 5.79. The highest BCUT2D eigenvalue weighted by Crippen LogP contribution is 2.36. The van der Waals surface area contributed by atoms with Crippen molar-refractivity contribution in [3.63, 3.8) is 0 Å². The molecular formula is C14H9BrF4N2. The van der Waals surface area contributed by atoms with Gasteiger partial charge in [0.2, 0.25) is 0 Å². The molecule has 0 bridgehead atoms. The molecule has 21 heavy (non-hydrogen) atoms. The van der Waals surface area contributed by atoms with Crippen molar-refractivity contribution in [1.82, 2.24) is 0 Å². The van der Waals surface area contributed by atoms with Crippen LogP contribution in [0.1, 0.15) is 11.1 Å². The Kier molecular flexibility index (Phi) is 4.62. The fourth-order valence-electron chi connectivity index (χ4n) is 1.59. The van der Waals surface area contributed by atoms with Crippen molar-refractivity contribution in [2.75, 3.05) is 5.43 Å². The molecule has 0 spiro atoms. The van der Waals surface area contributed by atoms with Gasteiger partial charge in [0.15, 0.2) is 0 Å². The molecule has 0 saturated heterocycles. The van der Waals surface area contributed by atoms with Gasteiger partial charge in [0.25, 0.3) is 0 Å². The van der Waals surface area contributed by atoms with E-state index in [0.717, 1.165) is 12.3 Å². The number of hydrazone groups is 1. The largest absolute Gasteiger partial charge is 0.417 e. The van der Waals surface area contributed by atoms with E-state index in [-0.39, 0.29) is 10.0 Å². The van der Waals surface area contributed by atoms with Gasteiger partial charge in [0.05, 0.1) is 17.5 Å². The Morgan fingerprint density at radius 3 is 2.33 bits per heavy atom. The molecule has 0 amide bonds. The number of alkyl halides is 3. The second-order valence-corrected chi connectivity index (χ2v) is 4.85. The van der Waals surface area contributed by atoms with Crippen LogP contribution in [0.5, 0.6) is 0 Å². The molecule has 1 N–H and O–H groups in total. The molecule has 2 aromatic carbocycles. The Labute approximate surface area is 126 Å². The first-order chi connectivity index (χ1) is 9.89. The van der Waals surface area contributed by atoms with Crippen LogP contribution in [0.3, 0.4) is 0 Å². The van der Waals surface area contributed by atoms with Crippen molar-refractivity contribution in [1.29, 1.82) is 0 Å². The summed E-state index contributed by atoms with van der Waals surface area (Å²) in [6.07, 6.45) is -3.57. The minimum atomic E-state index is -4.57. The molecule has 2 nitrogen and oxygen atoms in total. The maximum Gasteiger partial charge on any atom is 0.417 e. The highest BCUT2D eigenvalue weighted by Gasteiger charge is 2.34. The summed E-state index contributed by atoms with van der Waals surface area (Å²) >= 11 is 2.78. The molecule has 0 atom stereocenters. The lowest BCUT2D eigenvalue weighted by Gasteiger charge is -2.11. The van der Waals surface area contributed by atoms with E-state index in [0.29, 0.717) is 11.8 Å². The molecule has 0 aromatic heterocycles. The zero-order valence-electron chi connectivity index (χ0n) is 10.5. The van der Waals surface area contributed by atoms with E-state index in [1.807, 2.05) is 0 Å². The van der Waals surface area contributed by atoms with E-state index in [1.165, 1.54) is 0 Å². The molecule has 0 unspecified atom stereocenters. The molecule has 0 aliphatic rings. The third kappa shape index (κ3) is 3.81. The molecule has 0 radical (unpaired) electrons. The first-order valence-corrected chi connectivity index (χ1v) is 6.58. The number of benzene rings is 2. The summed E-state index contributed by atoms with van der Waals surface area (Å²) in [5, 5.41) is 3.74. The summed E-state index contributed by atoms with van der Waals surface area (Å²) in [4.78, 5) is 0. The van der Waals surface area contributed by atoms with Crippen LogP contribution in [-0.2, 0) is 6.18 Å². The number of rotatable bonds is 3. The van der Waals surface area contributed by atoms with Gasteiger partial charge in [-0.2, -0.15) is 18.3 Å². The zero-order valence-corrected chi connectivity index (χ0v) is 12.0. The standard InChI is InChI=1S/C14H9BrF4N2/c15-13-10(8-20-21-9-4-2-1-3-5-9)12(16)7-6-11(13)14(17,18)19/h1-8,21H. The van der Waals surface area contributed by atoms with Gasteiger partial charge in [-0.05, 0) is 40.2 Å². The lowest BCUT2D eigenvalue weighted by Crippen LogP contribution is -2.08. The number of halogens is 5. The summed E-state index contributed by atoms with van der Waals surface area (Å²) in [6.45, 7) is 0. The van der Waals surface area contributed by atoms with Crippen LogP contribution < -0.4 is 5.43 Å². The summed E-state index contributed by atoms with van der Waals surface area (Å²) in [5.74, 6) is -0.798. The highest BCUT2D eigenvalue weighted by atomic mass is 79.9. The van der Waals surface area contributed by atoms with Gasteiger partial charge in [-0.3, -0.25) is 5.43 Å². The van der Waals surface area contributed by atoms with E-state index in [4.69, 9.17) is 0 Å². The molecule has 0 saturated carbocycles. The molecular weight excluding hydrogens is 352 g/mol. The Morgan fingerprint density at radius 1 is 1.05 bits per heavy atom. The molecule has 2 rings (SSSR count). The van der Waals surface area contributed by atoms with Gasteiger partial charge in [-0.15, -0.1) is 0 Å². The molecule has 110 valence electrons. The fourth-order valence-corrected chi connectivity index (χ4v) is 2.24. The Morgan fingerprint density at radius 2 is 1.71 bits per heavy atom. The lowest BCUT2D eigenvalue weighted by molar-refractivity contribution is -0.138. The van der Waals surface area contributed by atoms with Crippen molar-refractivity contribution in [2.24, 2.45) is 5.10 Å². The van der Waals surface area contributed by atoms with Gasteiger partial charge >= 0.3 is 6.18 Å². The van der Waals surface area contributed by atoms with E-state index in [9.17, 15) is 17.6 Å². The number of nitrogens with one attached hydrogen (secondary N) is 1. The fraction of sp³-hybridized carbons (Fsp3) is 0.0714. The molecule has 0 aliphatic heterocycles. The average molecular weight is 361 g/mol. The van der Waals surface area contributed by atoms with Crippen LogP contribution in [0, 0.1) is 5.82 Å². The minimum absolute atomic E-state index is 0.270. The predicted molar refractivity (Wildman–Crippen MR) is 76.8 cm³/mol. The summed E-state index contributed by atoms with van der Waals surface area (Å²) in [5.41, 5.74) is 2.02. The molecule has 0 heterocycles. The Bertz CT molecular complexity index is 654. The molecule has 2 aromatic rings. The third-order valence-electron chi connectivity index (χ3n) is 2.59. The van der Waals surface area contributed by atoms with Gasteiger partial charge in [0.1, 0.15) is 5.82 Å². The minimum Gasteiger partial charge on any atom is -0.279 e. The Hall–Kier alpha value is -1.89. The first kappa shape index (κ1) is 15.5. The second kappa shape index (κ2) is 6.26. The van der Waals surface area contributed by atoms with Crippen molar-refractivity contribution < 1.29 is 17.6 Å². The molecule has 0 aliphatic carbocycles. The predicted octanol–water partition coefficient (Wildman–Crippen LogP) is 5.05. The third-order valence-corrected chi connectivity index (χ3v) is 3.45. The normalized spacial score (nSPS) is 11.9. The monoisotopic (exact) mass is 360 g/mol. The van der Waals surface area contributed by atoms with Crippen molar-refractivity contribution >= 4 is 27.8 Å². The summed E-state index contributed by atoms with van der Waals surface area (Å²) in [6, 6.07) is 10.2. The SMILES string of the molecule is Fc1ccc(C(F)(F)F)c(Br)c1C=NNc1ccccc1. The van der Waals surface area contributed by atoms with Crippen LogP contribution in [0.25, 0.3) is 0 Å². The van der Waals surface area contributed by atoms with Crippen molar-refractivity contribution in [3.05, 3.63) is 63.9 Å². The van der Waals surface area contributed by atoms with Crippen molar-refractivity contribution in [3.8, 4) is 0 Å². The van der Waals surface area contributed by atoms with E-state index in [2.05, 4.69) is 26.5 Å². The van der Waals surface area contributed by atoms with Gasteiger partial charge in [0, 0.05) is 10.0 Å². The smallest absolute Gasteiger partial charge is 0.279 e. The van der Waals surface area contributed by atoms with Crippen LogP contribution in [0.15, 0.2) is 52.0 Å². The maximum absolute atomic E-state index is 13.6. The summed E-state index contributed by atoms with van der Waals surface area (Å²) in [7, 11) is 0. The van der Waals surface area contributed by atoms with Gasteiger partial charge in [-0.1, -0.05) is 18.2 Å². The lowest BCUT2D eigenvalue weighted by atomic mass is 10.1. The van der Waals surface area contributed by atoms with Gasteiger partial charge in [-0.25, -0.2) is 4.39 Å². The van der Waals surface area contributed by atoms with Gasteiger partial charge < -0.3 is 0 Å². The Balaban J connectivity index is 2.27. The maximum atomic E-state index is 13.6. The average Bonchev–Trinajstić information content (AvgIpc) is 2.42. The number of hydrogen-bond donors (Lipinski definition) is 1. The molecule has 7 heteroatoms. The van der Waals surface area contributed by atoms with E-state index in [1.54, 1.807) is 30.3 Å².